The fourth-order valence-corrected chi connectivity index (χ4v) is 2.47. The second kappa shape index (κ2) is 4.67. The number of carbonyl (C=O) groups is 1. The highest BCUT2D eigenvalue weighted by molar-refractivity contribution is 6.34. The molecule has 0 radical (unpaired) electrons. The zero-order valence-corrected chi connectivity index (χ0v) is 11.1. The van der Waals surface area contributed by atoms with Gasteiger partial charge in [-0.25, -0.2) is 9.79 Å². The lowest BCUT2D eigenvalue weighted by atomic mass is 10.0. The molecule has 96 valence electrons. The number of esters is 1. The molecule has 2 unspecified atom stereocenters. The summed E-state index contributed by atoms with van der Waals surface area (Å²) in [6.07, 6.45) is 7.30. The van der Waals surface area contributed by atoms with Crippen molar-refractivity contribution in [2.24, 2.45) is 10.9 Å². The van der Waals surface area contributed by atoms with Crippen LogP contribution in [-0.4, -0.2) is 11.7 Å². The van der Waals surface area contributed by atoms with Gasteiger partial charge in [-0.15, -0.1) is 0 Å². The van der Waals surface area contributed by atoms with Gasteiger partial charge >= 0.3 is 5.97 Å². The van der Waals surface area contributed by atoms with Gasteiger partial charge in [-0.05, 0) is 12.1 Å². The van der Waals surface area contributed by atoms with Gasteiger partial charge in [-0.2, -0.15) is 0 Å². The van der Waals surface area contributed by atoms with Crippen LogP contribution >= 0.6 is 11.6 Å². The molecule has 3 nitrogen and oxygen atoms in total. The molecule has 1 aromatic rings. The molecule has 0 N–H and O–H groups in total. The third-order valence-corrected chi connectivity index (χ3v) is 3.56. The van der Waals surface area contributed by atoms with E-state index in [0.29, 0.717) is 10.6 Å². The number of carbonyl (C=O) groups excluding carboxylic acids is 1. The van der Waals surface area contributed by atoms with Crippen molar-refractivity contribution in [1.29, 1.82) is 0 Å². The zero-order valence-electron chi connectivity index (χ0n) is 10.3. The maximum absolute atomic E-state index is 11.8. The summed E-state index contributed by atoms with van der Waals surface area (Å²) >= 11 is 6.03. The first-order valence-corrected chi connectivity index (χ1v) is 6.46. The molecule has 1 aliphatic carbocycles. The summed E-state index contributed by atoms with van der Waals surface area (Å²) < 4.78 is 5.29. The first-order chi connectivity index (χ1) is 9.16. The SMILES string of the molecule is CC1C=CC=CC1=NC1OC(=O)c2c(Cl)cccc21. The number of rotatable bonds is 1. The van der Waals surface area contributed by atoms with Crippen molar-refractivity contribution in [3.05, 3.63) is 58.7 Å². The molecular weight excluding hydrogens is 262 g/mol. The molecule has 0 amide bonds. The first kappa shape index (κ1) is 12.2. The van der Waals surface area contributed by atoms with Gasteiger partial charge in [0.05, 0.1) is 10.6 Å². The third kappa shape index (κ3) is 2.10. The van der Waals surface area contributed by atoms with E-state index in [0.717, 1.165) is 11.3 Å². The largest absolute Gasteiger partial charge is 0.432 e. The minimum Gasteiger partial charge on any atom is -0.432 e. The Morgan fingerprint density at radius 2 is 2.16 bits per heavy atom. The molecule has 0 aromatic heterocycles. The average Bonchev–Trinajstić information content (AvgIpc) is 2.71. The lowest BCUT2D eigenvalue weighted by Gasteiger charge is -2.13. The standard InChI is InChI=1S/C15H12ClNO2/c1-9-5-2-3-8-12(9)17-14-10-6-4-7-11(16)13(10)15(18)19-14/h2-9,14H,1H3. The van der Waals surface area contributed by atoms with Gasteiger partial charge < -0.3 is 4.74 Å². The lowest BCUT2D eigenvalue weighted by Crippen LogP contribution is -2.10. The molecule has 0 spiro atoms. The van der Waals surface area contributed by atoms with E-state index in [4.69, 9.17) is 16.3 Å². The number of benzene rings is 1. The fraction of sp³-hybridized carbons (Fsp3) is 0.200. The minimum atomic E-state index is -0.588. The monoisotopic (exact) mass is 273 g/mol. The van der Waals surface area contributed by atoms with Crippen molar-refractivity contribution in [2.75, 3.05) is 0 Å². The lowest BCUT2D eigenvalue weighted by molar-refractivity contribution is 0.0404. The molecule has 1 aromatic carbocycles. The van der Waals surface area contributed by atoms with Gasteiger partial charge in [-0.3, -0.25) is 0 Å². The van der Waals surface area contributed by atoms with Crippen LogP contribution in [-0.2, 0) is 4.74 Å². The number of hydrogen-bond donors (Lipinski definition) is 0. The van der Waals surface area contributed by atoms with E-state index in [1.807, 2.05) is 24.3 Å². The molecule has 0 saturated carbocycles. The Bertz CT molecular complexity index is 631. The summed E-state index contributed by atoms with van der Waals surface area (Å²) in [4.78, 5) is 16.3. The highest BCUT2D eigenvalue weighted by Crippen LogP contribution is 2.36. The molecule has 1 heterocycles. The number of hydrogen-bond acceptors (Lipinski definition) is 3. The maximum atomic E-state index is 11.8. The molecule has 1 aliphatic heterocycles. The quantitative estimate of drug-likeness (QED) is 0.732. The van der Waals surface area contributed by atoms with Crippen LogP contribution in [0.5, 0.6) is 0 Å². The summed E-state index contributed by atoms with van der Waals surface area (Å²) in [5, 5.41) is 0.414. The summed E-state index contributed by atoms with van der Waals surface area (Å²) in [5.74, 6) is -0.190. The second-order valence-corrected chi connectivity index (χ2v) is 4.96. The minimum absolute atomic E-state index is 0.215. The van der Waals surface area contributed by atoms with Crippen molar-refractivity contribution < 1.29 is 9.53 Å². The van der Waals surface area contributed by atoms with Crippen molar-refractivity contribution >= 4 is 23.3 Å². The van der Waals surface area contributed by atoms with Crippen LogP contribution < -0.4 is 0 Å². The number of ether oxygens (including phenoxy) is 1. The number of cyclic esters (lactones) is 1. The molecule has 19 heavy (non-hydrogen) atoms. The Hall–Kier alpha value is -1.87. The molecule has 0 saturated heterocycles. The fourth-order valence-electron chi connectivity index (χ4n) is 2.21. The van der Waals surface area contributed by atoms with Crippen LogP contribution in [0.2, 0.25) is 5.02 Å². The number of halogens is 1. The van der Waals surface area contributed by atoms with Gasteiger partial charge in [0.25, 0.3) is 0 Å². The van der Waals surface area contributed by atoms with Gasteiger partial charge in [0.1, 0.15) is 0 Å². The Morgan fingerprint density at radius 1 is 1.32 bits per heavy atom. The Kier molecular flexibility index (Phi) is 2.99. The van der Waals surface area contributed by atoms with Crippen LogP contribution in [0.3, 0.4) is 0 Å². The Morgan fingerprint density at radius 3 is 2.95 bits per heavy atom. The Labute approximate surface area is 116 Å². The van der Waals surface area contributed by atoms with Crippen molar-refractivity contribution in [2.45, 2.75) is 13.2 Å². The van der Waals surface area contributed by atoms with E-state index < -0.39 is 12.2 Å². The van der Waals surface area contributed by atoms with E-state index in [-0.39, 0.29) is 5.92 Å². The highest BCUT2D eigenvalue weighted by Gasteiger charge is 2.33. The van der Waals surface area contributed by atoms with Gasteiger partial charge in [0.15, 0.2) is 0 Å². The molecule has 0 bridgehead atoms. The summed E-state index contributed by atoms with van der Waals surface area (Å²) in [5.41, 5.74) is 2.06. The summed E-state index contributed by atoms with van der Waals surface area (Å²) in [6, 6.07) is 5.31. The smallest absolute Gasteiger partial charge is 0.342 e. The average molecular weight is 274 g/mol. The number of nitrogens with zero attached hydrogens (tertiary/aromatic N) is 1. The van der Waals surface area contributed by atoms with E-state index in [1.54, 1.807) is 12.1 Å². The summed E-state index contributed by atoms with van der Waals surface area (Å²) in [7, 11) is 0. The van der Waals surface area contributed by atoms with Crippen LogP contribution in [0, 0.1) is 5.92 Å². The van der Waals surface area contributed by atoms with E-state index >= 15 is 0 Å². The normalized spacial score (nSPS) is 26.6. The first-order valence-electron chi connectivity index (χ1n) is 6.09. The molecular formula is C15H12ClNO2. The topological polar surface area (TPSA) is 38.7 Å². The second-order valence-electron chi connectivity index (χ2n) is 4.55. The predicted octanol–water partition coefficient (Wildman–Crippen LogP) is 3.71. The number of allylic oxidation sites excluding steroid dienone is 4. The van der Waals surface area contributed by atoms with Crippen LogP contribution in [0.1, 0.15) is 29.1 Å². The van der Waals surface area contributed by atoms with E-state index in [9.17, 15) is 4.79 Å². The predicted molar refractivity (Wildman–Crippen MR) is 74.5 cm³/mol. The zero-order chi connectivity index (χ0) is 13.4. The number of fused-ring (bicyclic) bond motifs is 1. The Balaban J connectivity index is 2.00. The third-order valence-electron chi connectivity index (χ3n) is 3.25. The van der Waals surface area contributed by atoms with Gasteiger partial charge in [0, 0.05) is 17.2 Å². The van der Waals surface area contributed by atoms with Crippen LogP contribution in [0.4, 0.5) is 0 Å². The van der Waals surface area contributed by atoms with Crippen molar-refractivity contribution in [1.82, 2.24) is 0 Å². The van der Waals surface area contributed by atoms with Gasteiger partial charge in [-0.1, -0.05) is 48.9 Å². The molecule has 4 heteroatoms. The number of aliphatic imine (C=N–C) groups is 1. The molecule has 2 aliphatic rings. The molecule has 0 fully saturated rings. The van der Waals surface area contributed by atoms with Crippen LogP contribution in [0.25, 0.3) is 0 Å². The summed E-state index contributed by atoms with van der Waals surface area (Å²) in [6.45, 7) is 2.05. The highest BCUT2D eigenvalue weighted by atomic mass is 35.5. The van der Waals surface area contributed by atoms with E-state index in [1.165, 1.54) is 0 Å². The van der Waals surface area contributed by atoms with E-state index in [2.05, 4.69) is 18.0 Å². The van der Waals surface area contributed by atoms with Crippen molar-refractivity contribution in [3.63, 3.8) is 0 Å². The maximum Gasteiger partial charge on any atom is 0.342 e. The van der Waals surface area contributed by atoms with Crippen molar-refractivity contribution in [3.8, 4) is 0 Å². The molecule has 3 rings (SSSR count). The molecule has 2 atom stereocenters. The van der Waals surface area contributed by atoms with Gasteiger partial charge in [0.2, 0.25) is 6.23 Å². The van der Waals surface area contributed by atoms with Crippen LogP contribution in [0.15, 0.2) is 47.5 Å².